The highest BCUT2D eigenvalue weighted by Gasteiger charge is 2.29. The maximum atomic E-state index is 11.1. The highest BCUT2D eigenvalue weighted by Crippen LogP contribution is 2.40. The third-order valence-corrected chi connectivity index (χ3v) is 4.26. The zero-order valence-electron chi connectivity index (χ0n) is 11.1. The van der Waals surface area contributed by atoms with Gasteiger partial charge in [-0.2, -0.15) is 0 Å². The number of hydrogen-bond donors (Lipinski definition) is 1. The lowest BCUT2D eigenvalue weighted by atomic mass is 9.89. The Kier molecular flexibility index (Phi) is 2.39. The first kappa shape index (κ1) is 11.6. The summed E-state index contributed by atoms with van der Waals surface area (Å²) in [7, 11) is 0. The molecule has 0 fully saturated rings. The maximum absolute atomic E-state index is 11.1. The minimum absolute atomic E-state index is 0.459. The predicted octanol–water partition coefficient (Wildman–Crippen LogP) is 2.19. The molecular formula is C16H15NO3. The van der Waals surface area contributed by atoms with Gasteiger partial charge in [0.25, 0.3) is 0 Å². The van der Waals surface area contributed by atoms with Crippen molar-refractivity contribution in [2.75, 3.05) is 13.2 Å². The van der Waals surface area contributed by atoms with Gasteiger partial charge in [0.1, 0.15) is 5.75 Å². The topological polar surface area (TPSA) is 49.8 Å². The van der Waals surface area contributed by atoms with E-state index >= 15 is 0 Å². The Bertz CT molecular complexity index is 673. The van der Waals surface area contributed by atoms with E-state index in [2.05, 4.69) is 17.0 Å². The quantitative estimate of drug-likeness (QED) is 0.849. The van der Waals surface area contributed by atoms with Crippen LogP contribution in [0.15, 0.2) is 30.0 Å². The monoisotopic (exact) mass is 269 g/mol. The van der Waals surface area contributed by atoms with E-state index in [1.165, 1.54) is 16.7 Å². The van der Waals surface area contributed by atoms with Crippen molar-refractivity contribution in [1.29, 1.82) is 0 Å². The molecule has 1 N–H and O–H groups in total. The number of fused-ring (bicyclic) bond motifs is 5. The molecule has 0 spiro atoms. The van der Waals surface area contributed by atoms with Crippen LogP contribution in [0.3, 0.4) is 0 Å². The molecule has 1 aromatic carbocycles. The van der Waals surface area contributed by atoms with Crippen LogP contribution < -0.4 is 4.74 Å². The third kappa shape index (κ3) is 1.57. The van der Waals surface area contributed by atoms with E-state index in [9.17, 15) is 4.79 Å². The summed E-state index contributed by atoms with van der Waals surface area (Å²) in [6.45, 7) is 1.59. The molecule has 0 bridgehead atoms. The number of nitrogens with zero attached hydrogens (tertiary/aromatic N) is 1. The Morgan fingerprint density at radius 3 is 3.05 bits per heavy atom. The van der Waals surface area contributed by atoms with Crippen LogP contribution in [0, 0.1) is 0 Å². The standard InChI is InChI=1S/C16H15NO3/c18-16(19)11-1-3-13-15-10(5-7-17(13)9-11)2-4-14-12(15)6-8-20-14/h2-4,9H,1,5-8H2,(H,18,19). The van der Waals surface area contributed by atoms with Crippen molar-refractivity contribution in [3.05, 3.63) is 46.7 Å². The molecular weight excluding hydrogens is 254 g/mol. The van der Waals surface area contributed by atoms with Gasteiger partial charge in [-0.15, -0.1) is 0 Å². The molecule has 4 heteroatoms. The van der Waals surface area contributed by atoms with Crippen molar-refractivity contribution in [2.24, 2.45) is 0 Å². The Morgan fingerprint density at radius 2 is 2.20 bits per heavy atom. The molecule has 0 aromatic heterocycles. The molecule has 3 aliphatic rings. The molecule has 0 radical (unpaired) electrons. The number of ether oxygens (including phenoxy) is 1. The van der Waals surface area contributed by atoms with Crippen molar-refractivity contribution in [2.45, 2.75) is 19.3 Å². The van der Waals surface area contributed by atoms with Gasteiger partial charge in [0.15, 0.2) is 0 Å². The Morgan fingerprint density at radius 1 is 1.30 bits per heavy atom. The Balaban J connectivity index is 1.82. The molecule has 4 rings (SSSR count). The van der Waals surface area contributed by atoms with Crippen LogP contribution in [-0.2, 0) is 17.6 Å². The normalized spacial score (nSPS) is 19.3. The average molecular weight is 269 g/mol. The molecule has 0 saturated carbocycles. The summed E-state index contributed by atoms with van der Waals surface area (Å²) >= 11 is 0. The molecule has 20 heavy (non-hydrogen) atoms. The number of carboxylic acid groups (broad SMARTS) is 1. The number of benzene rings is 1. The molecule has 0 amide bonds. The lowest BCUT2D eigenvalue weighted by Gasteiger charge is -2.34. The molecule has 3 aliphatic heterocycles. The van der Waals surface area contributed by atoms with E-state index in [4.69, 9.17) is 9.84 Å². The molecule has 0 aliphatic carbocycles. The van der Waals surface area contributed by atoms with E-state index in [0.29, 0.717) is 12.0 Å². The number of carboxylic acids is 1. The molecule has 0 unspecified atom stereocenters. The van der Waals surface area contributed by atoms with Gasteiger partial charge in [-0.1, -0.05) is 12.1 Å². The van der Waals surface area contributed by atoms with E-state index in [1.54, 1.807) is 6.20 Å². The van der Waals surface area contributed by atoms with Crippen molar-refractivity contribution >= 4 is 11.7 Å². The summed E-state index contributed by atoms with van der Waals surface area (Å²) in [6, 6.07) is 4.22. The van der Waals surface area contributed by atoms with Gasteiger partial charge in [-0.25, -0.2) is 4.79 Å². The van der Waals surface area contributed by atoms with Crippen molar-refractivity contribution in [3.63, 3.8) is 0 Å². The van der Waals surface area contributed by atoms with Crippen LogP contribution in [0.4, 0.5) is 0 Å². The first-order valence-corrected chi connectivity index (χ1v) is 6.93. The van der Waals surface area contributed by atoms with E-state index in [1.807, 2.05) is 6.08 Å². The minimum atomic E-state index is -0.826. The van der Waals surface area contributed by atoms with Gasteiger partial charge in [0, 0.05) is 42.4 Å². The number of aliphatic carboxylic acids is 1. The highest BCUT2D eigenvalue weighted by atomic mass is 16.5. The van der Waals surface area contributed by atoms with Gasteiger partial charge in [-0.05, 0) is 18.1 Å². The van der Waals surface area contributed by atoms with Gasteiger partial charge >= 0.3 is 5.97 Å². The first-order valence-electron chi connectivity index (χ1n) is 6.93. The van der Waals surface area contributed by atoms with E-state index in [0.717, 1.165) is 37.4 Å². The van der Waals surface area contributed by atoms with Crippen LogP contribution in [0.2, 0.25) is 0 Å². The molecule has 1 aromatic rings. The van der Waals surface area contributed by atoms with Crippen molar-refractivity contribution in [1.82, 2.24) is 4.90 Å². The summed E-state index contributed by atoms with van der Waals surface area (Å²) in [5.74, 6) is 0.159. The molecule has 3 heterocycles. The van der Waals surface area contributed by atoms with E-state index < -0.39 is 5.97 Å². The largest absolute Gasteiger partial charge is 0.493 e. The molecule has 0 saturated heterocycles. The summed E-state index contributed by atoms with van der Waals surface area (Å²) in [5.41, 5.74) is 5.51. The van der Waals surface area contributed by atoms with Crippen LogP contribution in [0.25, 0.3) is 5.70 Å². The summed E-state index contributed by atoms with van der Waals surface area (Å²) in [4.78, 5) is 13.2. The number of hydrogen-bond acceptors (Lipinski definition) is 3. The summed E-state index contributed by atoms with van der Waals surface area (Å²) in [5, 5.41) is 9.13. The average Bonchev–Trinajstić information content (AvgIpc) is 2.94. The highest BCUT2D eigenvalue weighted by molar-refractivity contribution is 5.89. The smallest absolute Gasteiger partial charge is 0.333 e. The molecule has 4 nitrogen and oxygen atoms in total. The fraction of sp³-hybridized carbons (Fsp3) is 0.312. The number of rotatable bonds is 1. The van der Waals surface area contributed by atoms with Gasteiger partial charge in [-0.3, -0.25) is 0 Å². The maximum Gasteiger partial charge on any atom is 0.333 e. The molecule has 102 valence electrons. The van der Waals surface area contributed by atoms with Crippen LogP contribution >= 0.6 is 0 Å². The van der Waals surface area contributed by atoms with Crippen molar-refractivity contribution < 1.29 is 14.6 Å². The van der Waals surface area contributed by atoms with Crippen LogP contribution in [0.1, 0.15) is 23.1 Å². The zero-order valence-corrected chi connectivity index (χ0v) is 11.1. The minimum Gasteiger partial charge on any atom is -0.493 e. The second-order valence-corrected chi connectivity index (χ2v) is 5.37. The fourth-order valence-corrected chi connectivity index (χ4v) is 3.30. The summed E-state index contributed by atoms with van der Waals surface area (Å²) < 4.78 is 5.65. The van der Waals surface area contributed by atoms with Crippen LogP contribution in [0.5, 0.6) is 5.75 Å². The lowest BCUT2D eigenvalue weighted by molar-refractivity contribution is -0.132. The van der Waals surface area contributed by atoms with Crippen LogP contribution in [-0.4, -0.2) is 29.1 Å². The lowest BCUT2D eigenvalue weighted by Crippen LogP contribution is -2.28. The summed E-state index contributed by atoms with van der Waals surface area (Å²) in [6.07, 6.45) is 6.21. The second-order valence-electron chi connectivity index (χ2n) is 5.37. The van der Waals surface area contributed by atoms with Gasteiger partial charge in [0.05, 0.1) is 12.2 Å². The Hall–Kier alpha value is -2.23. The van der Waals surface area contributed by atoms with Gasteiger partial charge in [0.2, 0.25) is 0 Å². The predicted molar refractivity (Wildman–Crippen MR) is 74.4 cm³/mol. The SMILES string of the molecule is O=C(O)C1=CN2CCc3ccc4c(c3C2=CC1)CCO4. The fourth-order valence-electron chi connectivity index (χ4n) is 3.30. The number of allylic oxidation sites excluding steroid dienone is 1. The van der Waals surface area contributed by atoms with E-state index in [-0.39, 0.29) is 0 Å². The zero-order chi connectivity index (χ0) is 13.7. The Labute approximate surface area is 117 Å². The first-order chi connectivity index (χ1) is 9.74. The third-order valence-electron chi connectivity index (χ3n) is 4.26. The number of carbonyl (C=O) groups is 1. The second kappa shape index (κ2) is 4.13. The van der Waals surface area contributed by atoms with Gasteiger partial charge < -0.3 is 14.7 Å². The molecule has 0 atom stereocenters. The van der Waals surface area contributed by atoms with Crippen molar-refractivity contribution in [3.8, 4) is 5.75 Å².